The molecule has 1 unspecified atom stereocenters. The molecule has 1 saturated heterocycles. The van der Waals surface area contributed by atoms with E-state index in [0.29, 0.717) is 24.9 Å². The van der Waals surface area contributed by atoms with Crippen molar-refractivity contribution in [2.75, 3.05) is 13.1 Å². The SMILES string of the molecule is O=C(O)CCC1CCN(C(=O)NC2CCCCCC2)C1. The van der Waals surface area contributed by atoms with Crippen LogP contribution >= 0.6 is 0 Å². The highest BCUT2D eigenvalue weighted by Crippen LogP contribution is 2.22. The van der Waals surface area contributed by atoms with Crippen molar-refractivity contribution in [2.24, 2.45) is 5.92 Å². The molecule has 5 heteroatoms. The Balaban J connectivity index is 1.71. The van der Waals surface area contributed by atoms with Gasteiger partial charge >= 0.3 is 12.0 Å². The van der Waals surface area contributed by atoms with Gasteiger partial charge in [0.1, 0.15) is 0 Å². The Morgan fingerprint density at radius 2 is 1.80 bits per heavy atom. The van der Waals surface area contributed by atoms with E-state index in [9.17, 15) is 9.59 Å². The van der Waals surface area contributed by atoms with Crippen LogP contribution in [-0.4, -0.2) is 41.1 Å². The third-order valence-electron chi connectivity index (χ3n) is 4.52. The number of urea groups is 1. The zero-order valence-electron chi connectivity index (χ0n) is 12.1. The third kappa shape index (κ3) is 4.69. The Kier molecular flexibility index (Phi) is 5.68. The van der Waals surface area contributed by atoms with Crippen LogP contribution in [0.5, 0.6) is 0 Å². The van der Waals surface area contributed by atoms with Gasteiger partial charge in [0.25, 0.3) is 0 Å². The average molecular weight is 282 g/mol. The maximum atomic E-state index is 12.2. The second-order valence-electron chi connectivity index (χ2n) is 6.17. The first-order chi connectivity index (χ1) is 9.65. The van der Waals surface area contributed by atoms with Gasteiger partial charge in [-0.3, -0.25) is 4.79 Å². The van der Waals surface area contributed by atoms with Gasteiger partial charge in [0.15, 0.2) is 0 Å². The average Bonchev–Trinajstić information content (AvgIpc) is 2.75. The minimum Gasteiger partial charge on any atom is -0.481 e. The molecule has 1 atom stereocenters. The number of hydrogen-bond donors (Lipinski definition) is 2. The summed E-state index contributed by atoms with van der Waals surface area (Å²) in [6.45, 7) is 1.48. The van der Waals surface area contributed by atoms with Crippen molar-refractivity contribution in [3.05, 3.63) is 0 Å². The lowest BCUT2D eigenvalue weighted by atomic mass is 10.0. The van der Waals surface area contributed by atoms with Gasteiger partial charge in [-0.25, -0.2) is 4.79 Å². The number of aliphatic carboxylic acids is 1. The number of carbonyl (C=O) groups is 2. The summed E-state index contributed by atoms with van der Waals surface area (Å²) in [6, 6.07) is 0.387. The second kappa shape index (κ2) is 7.50. The van der Waals surface area contributed by atoms with E-state index in [1.54, 1.807) is 0 Å². The van der Waals surface area contributed by atoms with Crippen LogP contribution in [0.25, 0.3) is 0 Å². The molecule has 0 radical (unpaired) electrons. The lowest BCUT2D eigenvalue weighted by Crippen LogP contribution is -2.43. The Hall–Kier alpha value is -1.26. The minimum atomic E-state index is -0.744. The second-order valence-corrected chi connectivity index (χ2v) is 6.17. The molecule has 1 saturated carbocycles. The molecule has 1 heterocycles. The molecule has 1 aliphatic carbocycles. The molecule has 0 aromatic heterocycles. The number of nitrogens with zero attached hydrogens (tertiary/aromatic N) is 1. The van der Waals surface area contributed by atoms with E-state index in [4.69, 9.17) is 5.11 Å². The molecule has 2 amide bonds. The predicted octanol–water partition coefficient (Wildman–Crippen LogP) is 2.61. The third-order valence-corrected chi connectivity index (χ3v) is 4.52. The summed E-state index contributed by atoms with van der Waals surface area (Å²) in [5.74, 6) is -0.391. The summed E-state index contributed by atoms with van der Waals surface area (Å²) < 4.78 is 0. The van der Waals surface area contributed by atoms with Crippen molar-refractivity contribution in [1.82, 2.24) is 10.2 Å². The number of rotatable bonds is 4. The van der Waals surface area contributed by atoms with Crippen LogP contribution in [0.15, 0.2) is 0 Å². The van der Waals surface area contributed by atoms with Gasteiger partial charge in [0.2, 0.25) is 0 Å². The minimum absolute atomic E-state index is 0.0507. The summed E-state index contributed by atoms with van der Waals surface area (Å²) in [5.41, 5.74) is 0. The highest BCUT2D eigenvalue weighted by molar-refractivity contribution is 5.74. The van der Waals surface area contributed by atoms with E-state index in [0.717, 1.165) is 25.8 Å². The van der Waals surface area contributed by atoms with Gasteiger partial charge in [0.05, 0.1) is 0 Å². The van der Waals surface area contributed by atoms with Crippen LogP contribution in [0.2, 0.25) is 0 Å². The van der Waals surface area contributed by atoms with Crippen LogP contribution in [0.1, 0.15) is 57.8 Å². The first-order valence-electron chi connectivity index (χ1n) is 7.92. The summed E-state index contributed by atoms with van der Waals surface area (Å²) in [7, 11) is 0. The summed E-state index contributed by atoms with van der Waals surface area (Å²) >= 11 is 0. The number of carboxylic acids is 1. The Morgan fingerprint density at radius 3 is 2.45 bits per heavy atom. The zero-order valence-corrected chi connectivity index (χ0v) is 12.1. The fourth-order valence-corrected chi connectivity index (χ4v) is 3.27. The molecule has 2 aliphatic rings. The maximum absolute atomic E-state index is 12.2. The number of carbonyl (C=O) groups excluding carboxylic acids is 1. The number of hydrogen-bond acceptors (Lipinski definition) is 2. The highest BCUT2D eigenvalue weighted by atomic mass is 16.4. The van der Waals surface area contributed by atoms with Crippen molar-refractivity contribution in [2.45, 2.75) is 63.8 Å². The van der Waals surface area contributed by atoms with Gasteiger partial charge in [-0.15, -0.1) is 0 Å². The van der Waals surface area contributed by atoms with Crippen molar-refractivity contribution in [3.63, 3.8) is 0 Å². The molecule has 20 heavy (non-hydrogen) atoms. The maximum Gasteiger partial charge on any atom is 0.317 e. The van der Waals surface area contributed by atoms with Gasteiger partial charge in [-0.2, -0.15) is 0 Å². The van der Waals surface area contributed by atoms with E-state index in [-0.39, 0.29) is 12.5 Å². The van der Waals surface area contributed by atoms with Crippen molar-refractivity contribution >= 4 is 12.0 Å². The van der Waals surface area contributed by atoms with Crippen LogP contribution in [0.4, 0.5) is 4.79 Å². The molecule has 0 spiro atoms. The first kappa shape index (κ1) is 15.1. The molecular weight excluding hydrogens is 256 g/mol. The summed E-state index contributed by atoms with van der Waals surface area (Å²) in [4.78, 5) is 24.6. The molecule has 2 fully saturated rings. The number of carboxylic acid groups (broad SMARTS) is 1. The molecule has 0 bridgehead atoms. The lowest BCUT2D eigenvalue weighted by Gasteiger charge is -2.22. The fourth-order valence-electron chi connectivity index (χ4n) is 3.27. The Morgan fingerprint density at radius 1 is 1.10 bits per heavy atom. The van der Waals surface area contributed by atoms with Crippen LogP contribution in [-0.2, 0) is 4.79 Å². The Bertz CT molecular complexity index is 338. The van der Waals surface area contributed by atoms with Crippen molar-refractivity contribution in [3.8, 4) is 0 Å². The highest BCUT2D eigenvalue weighted by Gasteiger charge is 2.27. The molecule has 5 nitrogen and oxygen atoms in total. The van der Waals surface area contributed by atoms with Gasteiger partial charge < -0.3 is 15.3 Å². The van der Waals surface area contributed by atoms with E-state index in [2.05, 4.69) is 5.32 Å². The monoisotopic (exact) mass is 282 g/mol. The molecule has 2 rings (SSSR count). The van der Waals surface area contributed by atoms with Crippen LogP contribution in [0, 0.1) is 5.92 Å². The first-order valence-corrected chi connectivity index (χ1v) is 7.92. The zero-order chi connectivity index (χ0) is 14.4. The molecule has 2 N–H and O–H groups in total. The molecule has 0 aromatic carbocycles. The predicted molar refractivity (Wildman–Crippen MR) is 76.6 cm³/mol. The normalized spacial score (nSPS) is 24.4. The number of amides is 2. The van der Waals surface area contributed by atoms with Crippen LogP contribution < -0.4 is 5.32 Å². The van der Waals surface area contributed by atoms with Crippen LogP contribution in [0.3, 0.4) is 0 Å². The molecule has 114 valence electrons. The van der Waals surface area contributed by atoms with Gasteiger partial charge in [-0.1, -0.05) is 25.7 Å². The quantitative estimate of drug-likeness (QED) is 0.779. The standard InChI is InChI=1S/C15H26N2O3/c18-14(19)8-7-12-9-10-17(11-12)15(20)16-13-5-3-1-2-4-6-13/h12-13H,1-11H2,(H,16,20)(H,18,19). The Labute approximate surface area is 120 Å². The number of likely N-dealkylation sites (tertiary alicyclic amines) is 1. The van der Waals surface area contributed by atoms with Gasteiger partial charge in [0, 0.05) is 25.6 Å². The van der Waals surface area contributed by atoms with Gasteiger partial charge in [-0.05, 0) is 31.6 Å². The topological polar surface area (TPSA) is 69.6 Å². The smallest absolute Gasteiger partial charge is 0.317 e. The number of nitrogens with one attached hydrogen (secondary N) is 1. The lowest BCUT2D eigenvalue weighted by molar-refractivity contribution is -0.137. The fraction of sp³-hybridized carbons (Fsp3) is 0.867. The van der Waals surface area contributed by atoms with Crippen molar-refractivity contribution < 1.29 is 14.7 Å². The van der Waals surface area contributed by atoms with Crippen molar-refractivity contribution in [1.29, 1.82) is 0 Å². The molecule has 0 aromatic rings. The van der Waals surface area contributed by atoms with E-state index in [1.165, 1.54) is 25.7 Å². The summed E-state index contributed by atoms with van der Waals surface area (Å²) in [5, 5.41) is 11.9. The molecular formula is C15H26N2O3. The van der Waals surface area contributed by atoms with E-state index < -0.39 is 5.97 Å². The largest absolute Gasteiger partial charge is 0.481 e. The molecule has 1 aliphatic heterocycles. The van der Waals surface area contributed by atoms with E-state index >= 15 is 0 Å². The van der Waals surface area contributed by atoms with E-state index in [1.807, 2.05) is 4.90 Å². The summed E-state index contributed by atoms with van der Waals surface area (Å²) in [6.07, 6.45) is 9.03.